The third kappa shape index (κ3) is 1.55. The van der Waals surface area contributed by atoms with Crippen LogP contribution in [0.3, 0.4) is 0 Å². The van der Waals surface area contributed by atoms with Crippen LogP contribution in [0.25, 0.3) is 0 Å². The molecule has 1 aromatic rings. The Hall–Kier alpha value is -1.41. The second kappa shape index (κ2) is 3.81. The number of carbonyl (C=O) groups excluding carboxylic acids is 1. The maximum Gasteiger partial charge on any atom is 0.167 e. The number of aliphatic hydroxyl groups is 1. The fourth-order valence-electron chi connectivity index (χ4n) is 3.14. The van der Waals surface area contributed by atoms with Gasteiger partial charge in [0, 0.05) is 17.4 Å². The molecule has 3 unspecified atom stereocenters. The van der Waals surface area contributed by atoms with Gasteiger partial charge in [-0.25, -0.2) is 0 Å². The van der Waals surface area contributed by atoms with Crippen molar-refractivity contribution in [3.8, 4) is 0 Å². The van der Waals surface area contributed by atoms with E-state index in [1.807, 2.05) is 24.3 Å². The first kappa shape index (κ1) is 10.7. The lowest BCUT2D eigenvalue weighted by molar-refractivity contribution is 0.0451. The highest BCUT2D eigenvalue weighted by Gasteiger charge is 2.41. The minimum Gasteiger partial charge on any atom is -0.388 e. The number of rotatable bonds is 0. The number of carbonyl (C=O) groups is 1. The molecule has 1 N–H and O–H groups in total. The van der Waals surface area contributed by atoms with Crippen LogP contribution in [-0.2, 0) is 0 Å². The van der Waals surface area contributed by atoms with E-state index in [1.165, 1.54) is 5.57 Å². The SMILES string of the molecule is CC1=CCC2C(=O)c3ccccc3C(O)C2C1. The molecule has 2 aliphatic rings. The Kier molecular flexibility index (Phi) is 2.40. The zero-order valence-electron chi connectivity index (χ0n) is 9.89. The lowest BCUT2D eigenvalue weighted by Gasteiger charge is -2.38. The van der Waals surface area contributed by atoms with E-state index >= 15 is 0 Å². The summed E-state index contributed by atoms with van der Waals surface area (Å²) in [7, 11) is 0. The van der Waals surface area contributed by atoms with Crippen LogP contribution < -0.4 is 0 Å². The average Bonchev–Trinajstić information content (AvgIpc) is 2.36. The molecule has 0 radical (unpaired) electrons. The Morgan fingerprint density at radius 2 is 2.06 bits per heavy atom. The molecule has 3 atom stereocenters. The molecule has 88 valence electrons. The zero-order chi connectivity index (χ0) is 12.0. The molecular weight excluding hydrogens is 212 g/mol. The number of benzene rings is 1. The Bertz CT molecular complexity index is 501. The average molecular weight is 228 g/mol. The van der Waals surface area contributed by atoms with Crippen LogP contribution in [0.5, 0.6) is 0 Å². The normalized spacial score (nSPS) is 31.5. The highest BCUT2D eigenvalue weighted by Crippen LogP contribution is 2.44. The molecule has 2 nitrogen and oxygen atoms in total. The number of fused-ring (bicyclic) bond motifs is 2. The Labute approximate surface area is 101 Å². The van der Waals surface area contributed by atoms with Crippen LogP contribution in [0.1, 0.15) is 41.8 Å². The lowest BCUT2D eigenvalue weighted by atomic mass is 9.67. The molecule has 3 rings (SSSR count). The number of ketones is 1. The Balaban J connectivity index is 2.09. The molecule has 0 saturated carbocycles. The first-order valence-corrected chi connectivity index (χ1v) is 6.15. The first-order chi connectivity index (χ1) is 8.18. The number of hydrogen-bond acceptors (Lipinski definition) is 2. The highest BCUT2D eigenvalue weighted by atomic mass is 16.3. The number of hydrogen-bond donors (Lipinski definition) is 1. The topological polar surface area (TPSA) is 37.3 Å². The molecular formula is C15H16O2. The van der Waals surface area contributed by atoms with Crippen molar-refractivity contribution in [2.45, 2.75) is 25.9 Å². The van der Waals surface area contributed by atoms with Crippen molar-refractivity contribution in [3.05, 3.63) is 47.0 Å². The van der Waals surface area contributed by atoms with Gasteiger partial charge in [0.05, 0.1) is 6.10 Å². The molecule has 1 aromatic carbocycles. The highest BCUT2D eigenvalue weighted by molar-refractivity contribution is 6.00. The summed E-state index contributed by atoms with van der Waals surface area (Å²) in [4.78, 5) is 12.4. The molecule has 0 heterocycles. The van der Waals surface area contributed by atoms with Crippen LogP contribution in [0.2, 0.25) is 0 Å². The van der Waals surface area contributed by atoms with E-state index in [1.54, 1.807) is 0 Å². The minimum atomic E-state index is -0.488. The van der Waals surface area contributed by atoms with Crippen molar-refractivity contribution in [2.24, 2.45) is 11.8 Å². The van der Waals surface area contributed by atoms with Crippen LogP contribution in [0.4, 0.5) is 0 Å². The van der Waals surface area contributed by atoms with Crippen molar-refractivity contribution in [3.63, 3.8) is 0 Å². The minimum absolute atomic E-state index is 0.0244. The summed E-state index contributed by atoms with van der Waals surface area (Å²) in [5.74, 6) is 0.255. The van der Waals surface area contributed by atoms with Crippen molar-refractivity contribution in [2.75, 3.05) is 0 Å². The van der Waals surface area contributed by atoms with Gasteiger partial charge < -0.3 is 5.11 Å². The molecule has 0 bridgehead atoms. The van der Waals surface area contributed by atoms with Crippen LogP contribution >= 0.6 is 0 Å². The fraction of sp³-hybridized carbons (Fsp3) is 0.400. The standard InChI is InChI=1S/C15H16O2/c1-9-6-7-12-13(8-9)15(17)11-5-3-2-4-10(11)14(12)16/h2-6,12-13,15,17H,7-8H2,1H3. The maximum absolute atomic E-state index is 12.4. The van der Waals surface area contributed by atoms with E-state index in [0.29, 0.717) is 5.56 Å². The summed E-state index contributed by atoms with van der Waals surface area (Å²) in [6.07, 6.45) is 3.27. The number of Topliss-reactive ketones (excluding diaryl/α,β-unsaturated/α-hetero) is 1. The zero-order valence-corrected chi connectivity index (χ0v) is 9.89. The predicted molar refractivity (Wildman–Crippen MR) is 65.7 cm³/mol. The molecule has 17 heavy (non-hydrogen) atoms. The summed E-state index contributed by atoms with van der Waals surface area (Å²) >= 11 is 0. The van der Waals surface area contributed by atoms with Crippen LogP contribution in [0, 0.1) is 11.8 Å². The van der Waals surface area contributed by atoms with Gasteiger partial charge in [0.25, 0.3) is 0 Å². The van der Waals surface area contributed by atoms with E-state index in [-0.39, 0.29) is 17.6 Å². The molecule has 0 spiro atoms. The van der Waals surface area contributed by atoms with Crippen molar-refractivity contribution in [1.29, 1.82) is 0 Å². The van der Waals surface area contributed by atoms with E-state index in [0.717, 1.165) is 18.4 Å². The summed E-state index contributed by atoms with van der Waals surface area (Å²) < 4.78 is 0. The smallest absolute Gasteiger partial charge is 0.167 e. The van der Waals surface area contributed by atoms with E-state index in [2.05, 4.69) is 13.0 Å². The molecule has 0 amide bonds. The molecule has 0 aliphatic heterocycles. The second-order valence-electron chi connectivity index (χ2n) is 5.16. The third-order valence-corrected chi connectivity index (χ3v) is 4.08. The summed E-state index contributed by atoms with van der Waals surface area (Å²) in [5, 5.41) is 10.4. The molecule has 2 heteroatoms. The quantitative estimate of drug-likeness (QED) is 0.693. The maximum atomic E-state index is 12.4. The second-order valence-corrected chi connectivity index (χ2v) is 5.16. The van der Waals surface area contributed by atoms with Gasteiger partial charge in [0.2, 0.25) is 0 Å². The van der Waals surface area contributed by atoms with Crippen molar-refractivity contribution in [1.82, 2.24) is 0 Å². The summed E-state index contributed by atoms with van der Waals surface area (Å²) in [5.41, 5.74) is 2.82. The van der Waals surface area contributed by atoms with E-state index < -0.39 is 6.10 Å². The number of aliphatic hydroxyl groups excluding tert-OH is 1. The van der Waals surface area contributed by atoms with Crippen LogP contribution in [-0.4, -0.2) is 10.9 Å². The van der Waals surface area contributed by atoms with Gasteiger partial charge >= 0.3 is 0 Å². The molecule has 0 fully saturated rings. The van der Waals surface area contributed by atoms with E-state index in [4.69, 9.17) is 0 Å². The van der Waals surface area contributed by atoms with E-state index in [9.17, 15) is 9.90 Å². The number of allylic oxidation sites excluding steroid dienone is 2. The summed E-state index contributed by atoms with van der Waals surface area (Å²) in [6.45, 7) is 2.08. The largest absolute Gasteiger partial charge is 0.388 e. The fourth-order valence-corrected chi connectivity index (χ4v) is 3.14. The van der Waals surface area contributed by atoms with Crippen LogP contribution in [0.15, 0.2) is 35.9 Å². The summed E-state index contributed by atoms with van der Waals surface area (Å²) in [6, 6.07) is 7.47. The molecule has 0 saturated heterocycles. The van der Waals surface area contributed by atoms with Gasteiger partial charge in [-0.05, 0) is 25.3 Å². The molecule has 0 aromatic heterocycles. The van der Waals surface area contributed by atoms with Crippen molar-refractivity contribution >= 4 is 5.78 Å². The van der Waals surface area contributed by atoms with Gasteiger partial charge in [-0.2, -0.15) is 0 Å². The predicted octanol–water partition coefficient (Wildman–Crippen LogP) is 2.89. The first-order valence-electron chi connectivity index (χ1n) is 6.15. The Morgan fingerprint density at radius 1 is 1.29 bits per heavy atom. The van der Waals surface area contributed by atoms with Gasteiger partial charge in [0.15, 0.2) is 5.78 Å². The lowest BCUT2D eigenvalue weighted by Crippen LogP contribution is -2.36. The van der Waals surface area contributed by atoms with Gasteiger partial charge in [-0.1, -0.05) is 35.9 Å². The molecule has 2 aliphatic carbocycles. The van der Waals surface area contributed by atoms with Gasteiger partial charge in [0.1, 0.15) is 0 Å². The Morgan fingerprint density at radius 3 is 2.88 bits per heavy atom. The monoisotopic (exact) mass is 228 g/mol. The van der Waals surface area contributed by atoms with Gasteiger partial charge in [-0.3, -0.25) is 4.79 Å². The van der Waals surface area contributed by atoms with Crippen molar-refractivity contribution < 1.29 is 9.90 Å². The third-order valence-electron chi connectivity index (χ3n) is 4.08. The van der Waals surface area contributed by atoms with Gasteiger partial charge in [-0.15, -0.1) is 0 Å².